The van der Waals surface area contributed by atoms with Gasteiger partial charge in [0, 0.05) is 5.56 Å². The molecule has 0 unspecified atom stereocenters. The van der Waals surface area contributed by atoms with Crippen molar-refractivity contribution in [2.45, 2.75) is 27.7 Å². The van der Waals surface area contributed by atoms with Crippen LogP contribution in [0.5, 0.6) is 0 Å². The standard InChI is InChI=1S/C17H17NO/c1-10-5-6-14(12(3)7-10)17-16-13(4)8-11(2)9-15(16)19-18-17/h5-9H,1-4H3. The monoisotopic (exact) mass is 251 g/mol. The molecule has 0 radical (unpaired) electrons. The lowest BCUT2D eigenvalue weighted by atomic mass is 9.98. The Balaban J connectivity index is 2.31. The van der Waals surface area contributed by atoms with Gasteiger partial charge in [-0.15, -0.1) is 0 Å². The normalized spacial score (nSPS) is 11.2. The van der Waals surface area contributed by atoms with Crippen LogP contribution in [0.2, 0.25) is 0 Å². The molecule has 0 fully saturated rings. The molecule has 0 saturated heterocycles. The fourth-order valence-electron chi connectivity index (χ4n) is 2.71. The van der Waals surface area contributed by atoms with Gasteiger partial charge in [-0.05, 0) is 50.5 Å². The second-order valence-electron chi connectivity index (χ2n) is 5.30. The second kappa shape index (κ2) is 4.23. The summed E-state index contributed by atoms with van der Waals surface area (Å²) in [6.07, 6.45) is 0. The molecule has 0 atom stereocenters. The summed E-state index contributed by atoms with van der Waals surface area (Å²) in [6.45, 7) is 8.41. The van der Waals surface area contributed by atoms with E-state index in [1.54, 1.807) is 0 Å². The molecule has 1 heterocycles. The first-order valence-corrected chi connectivity index (χ1v) is 6.50. The average Bonchev–Trinajstić information content (AvgIpc) is 2.72. The van der Waals surface area contributed by atoms with E-state index in [9.17, 15) is 0 Å². The van der Waals surface area contributed by atoms with Crippen LogP contribution in [-0.4, -0.2) is 5.16 Å². The third-order valence-electron chi connectivity index (χ3n) is 3.55. The van der Waals surface area contributed by atoms with Crippen molar-refractivity contribution < 1.29 is 4.52 Å². The topological polar surface area (TPSA) is 26.0 Å². The van der Waals surface area contributed by atoms with Crippen molar-refractivity contribution in [1.29, 1.82) is 0 Å². The molecule has 2 heteroatoms. The zero-order chi connectivity index (χ0) is 13.6. The minimum atomic E-state index is 0.868. The van der Waals surface area contributed by atoms with Crippen LogP contribution in [-0.2, 0) is 0 Å². The van der Waals surface area contributed by atoms with Crippen LogP contribution in [0.15, 0.2) is 34.9 Å². The Morgan fingerprint density at radius 1 is 0.842 bits per heavy atom. The Kier molecular flexibility index (Phi) is 2.67. The number of rotatable bonds is 1. The van der Waals surface area contributed by atoms with Gasteiger partial charge >= 0.3 is 0 Å². The molecule has 0 aliphatic carbocycles. The van der Waals surface area contributed by atoms with Gasteiger partial charge in [0.15, 0.2) is 5.58 Å². The lowest BCUT2D eigenvalue weighted by molar-refractivity contribution is 0.459. The molecule has 0 aliphatic heterocycles. The summed E-state index contributed by atoms with van der Waals surface area (Å²) in [7, 11) is 0. The highest BCUT2D eigenvalue weighted by Gasteiger charge is 2.14. The minimum absolute atomic E-state index is 0.868. The third-order valence-corrected chi connectivity index (χ3v) is 3.55. The van der Waals surface area contributed by atoms with Gasteiger partial charge in [0.1, 0.15) is 5.69 Å². The molecule has 19 heavy (non-hydrogen) atoms. The Bertz CT molecular complexity index is 768. The number of hydrogen-bond acceptors (Lipinski definition) is 2. The van der Waals surface area contributed by atoms with E-state index in [2.05, 4.69) is 57.1 Å². The summed E-state index contributed by atoms with van der Waals surface area (Å²) < 4.78 is 5.50. The highest BCUT2D eigenvalue weighted by atomic mass is 16.5. The molecule has 0 aliphatic rings. The third kappa shape index (κ3) is 1.93. The van der Waals surface area contributed by atoms with E-state index in [0.29, 0.717) is 0 Å². The highest BCUT2D eigenvalue weighted by Crippen LogP contribution is 2.33. The lowest BCUT2D eigenvalue weighted by Crippen LogP contribution is -1.87. The maximum Gasteiger partial charge on any atom is 0.168 e. The molecular formula is C17H17NO. The highest BCUT2D eigenvalue weighted by molar-refractivity contribution is 5.95. The number of aromatic nitrogens is 1. The molecule has 0 bridgehead atoms. The molecule has 0 spiro atoms. The van der Waals surface area contributed by atoms with Crippen LogP contribution in [0, 0.1) is 27.7 Å². The van der Waals surface area contributed by atoms with Gasteiger partial charge in [0.2, 0.25) is 0 Å². The SMILES string of the molecule is Cc1ccc(-c2noc3cc(C)cc(C)c23)c(C)c1. The smallest absolute Gasteiger partial charge is 0.168 e. The maximum absolute atomic E-state index is 5.50. The Hall–Kier alpha value is -2.09. The van der Waals surface area contributed by atoms with E-state index in [0.717, 1.165) is 22.2 Å². The first-order chi connectivity index (χ1) is 9.06. The van der Waals surface area contributed by atoms with Crippen LogP contribution in [0.1, 0.15) is 22.3 Å². The molecule has 0 N–H and O–H groups in total. The zero-order valence-electron chi connectivity index (χ0n) is 11.7. The molecule has 96 valence electrons. The summed E-state index contributed by atoms with van der Waals surface area (Å²) >= 11 is 0. The zero-order valence-corrected chi connectivity index (χ0v) is 11.7. The predicted octanol–water partition coefficient (Wildman–Crippen LogP) is 4.73. The number of nitrogens with zero attached hydrogens (tertiary/aromatic N) is 1. The summed E-state index contributed by atoms with van der Waals surface area (Å²) in [5, 5.41) is 5.41. The van der Waals surface area contributed by atoms with E-state index in [1.807, 2.05) is 6.07 Å². The Morgan fingerprint density at radius 2 is 1.58 bits per heavy atom. The first-order valence-electron chi connectivity index (χ1n) is 6.50. The molecule has 2 aromatic carbocycles. The molecule has 3 aromatic rings. The van der Waals surface area contributed by atoms with Gasteiger partial charge in [-0.3, -0.25) is 0 Å². The molecule has 3 rings (SSSR count). The summed E-state index contributed by atoms with van der Waals surface area (Å²) in [5.74, 6) is 0. The lowest BCUT2D eigenvalue weighted by Gasteiger charge is -2.05. The summed E-state index contributed by atoms with van der Waals surface area (Å²) in [5.41, 5.74) is 7.88. The van der Waals surface area contributed by atoms with Crippen molar-refractivity contribution in [2.75, 3.05) is 0 Å². The summed E-state index contributed by atoms with van der Waals surface area (Å²) in [6, 6.07) is 10.6. The van der Waals surface area contributed by atoms with Crippen LogP contribution >= 0.6 is 0 Å². The van der Waals surface area contributed by atoms with Crippen LogP contribution in [0.25, 0.3) is 22.2 Å². The molecule has 0 amide bonds. The Labute approximate surface area is 113 Å². The van der Waals surface area contributed by atoms with Crippen molar-refractivity contribution in [1.82, 2.24) is 5.16 Å². The van der Waals surface area contributed by atoms with Gasteiger partial charge in [0.05, 0.1) is 5.39 Å². The molecule has 1 aromatic heterocycles. The van der Waals surface area contributed by atoms with Crippen LogP contribution in [0.3, 0.4) is 0 Å². The number of fused-ring (bicyclic) bond motifs is 1. The largest absolute Gasteiger partial charge is 0.356 e. The van der Waals surface area contributed by atoms with Gasteiger partial charge in [-0.25, -0.2) is 0 Å². The number of benzene rings is 2. The fraction of sp³-hybridized carbons (Fsp3) is 0.235. The number of aryl methyl sites for hydroxylation is 4. The molecule has 0 saturated carbocycles. The second-order valence-corrected chi connectivity index (χ2v) is 5.30. The van der Waals surface area contributed by atoms with E-state index in [4.69, 9.17) is 4.52 Å². The summed E-state index contributed by atoms with van der Waals surface area (Å²) in [4.78, 5) is 0. The predicted molar refractivity (Wildman–Crippen MR) is 78.4 cm³/mol. The van der Waals surface area contributed by atoms with E-state index < -0.39 is 0 Å². The molecule has 2 nitrogen and oxygen atoms in total. The van der Waals surface area contributed by atoms with Gasteiger partial charge in [0.25, 0.3) is 0 Å². The van der Waals surface area contributed by atoms with Gasteiger partial charge in [-0.2, -0.15) is 0 Å². The van der Waals surface area contributed by atoms with Crippen molar-refractivity contribution in [3.05, 3.63) is 52.6 Å². The van der Waals surface area contributed by atoms with Crippen molar-refractivity contribution in [3.8, 4) is 11.3 Å². The van der Waals surface area contributed by atoms with E-state index in [1.165, 1.54) is 22.3 Å². The molecular weight excluding hydrogens is 234 g/mol. The van der Waals surface area contributed by atoms with Crippen molar-refractivity contribution in [3.63, 3.8) is 0 Å². The van der Waals surface area contributed by atoms with Gasteiger partial charge < -0.3 is 4.52 Å². The average molecular weight is 251 g/mol. The van der Waals surface area contributed by atoms with Crippen LogP contribution in [0.4, 0.5) is 0 Å². The van der Waals surface area contributed by atoms with Crippen molar-refractivity contribution in [2.24, 2.45) is 0 Å². The minimum Gasteiger partial charge on any atom is -0.356 e. The van der Waals surface area contributed by atoms with E-state index >= 15 is 0 Å². The van der Waals surface area contributed by atoms with Gasteiger partial charge in [-0.1, -0.05) is 35.0 Å². The fourth-order valence-corrected chi connectivity index (χ4v) is 2.71. The number of hydrogen-bond donors (Lipinski definition) is 0. The quantitative estimate of drug-likeness (QED) is 0.625. The maximum atomic E-state index is 5.50. The van der Waals surface area contributed by atoms with E-state index in [-0.39, 0.29) is 0 Å². The van der Waals surface area contributed by atoms with Crippen molar-refractivity contribution >= 4 is 11.0 Å². The van der Waals surface area contributed by atoms with Crippen LogP contribution < -0.4 is 0 Å². The first kappa shape index (κ1) is 12.0. The Morgan fingerprint density at radius 3 is 2.32 bits per heavy atom.